The van der Waals surface area contributed by atoms with Gasteiger partial charge in [0.05, 0.1) is 6.54 Å². The Bertz CT molecular complexity index is 790. The number of imidazole rings is 1. The molecule has 1 aromatic carbocycles. The highest BCUT2D eigenvalue weighted by Gasteiger charge is 2.26. The molecule has 1 aliphatic rings. The molecule has 28 heavy (non-hydrogen) atoms. The van der Waals surface area contributed by atoms with Crippen molar-refractivity contribution in [3.8, 4) is 0 Å². The Morgan fingerprint density at radius 3 is 2.68 bits per heavy atom. The number of rotatable bonds is 7. The topological polar surface area (TPSA) is 78.7 Å². The minimum atomic E-state index is -0.959. The van der Waals surface area contributed by atoms with Gasteiger partial charge < -0.3 is 14.6 Å². The first kappa shape index (κ1) is 20.1. The van der Waals surface area contributed by atoms with Crippen molar-refractivity contribution in [2.75, 3.05) is 19.6 Å². The summed E-state index contributed by atoms with van der Waals surface area (Å²) in [5.74, 6) is -0.102. The van der Waals surface area contributed by atoms with Gasteiger partial charge in [-0.05, 0) is 31.4 Å². The third-order valence-electron chi connectivity index (χ3n) is 5.30. The molecule has 1 saturated heterocycles. The number of carboxylic acid groups (broad SMARTS) is 1. The number of aliphatic carboxylic acids is 1. The molecule has 1 atom stereocenters. The number of aromatic nitrogens is 2. The zero-order valence-corrected chi connectivity index (χ0v) is 16.3. The number of hydrogen-bond acceptors (Lipinski definition) is 4. The van der Waals surface area contributed by atoms with Crippen LogP contribution in [0.1, 0.15) is 37.6 Å². The van der Waals surface area contributed by atoms with Crippen molar-refractivity contribution in [3.63, 3.8) is 0 Å². The third kappa shape index (κ3) is 5.42. The molecule has 0 aliphatic carbocycles. The first-order valence-electron chi connectivity index (χ1n) is 9.78. The van der Waals surface area contributed by atoms with E-state index in [0.29, 0.717) is 0 Å². The van der Waals surface area contributed by atoms with Gasteiger partial charge in [-0.2, -0.15) is 0 Å². The first-order chi connectivity index (χ1) is 13.5. The molecule has 1 amide bonds. The second kappa shape index (κ2) is 9.50. The summed E-state index contributed by atoms with van der Waals surface area (Å²) in [6, 6.07) is 10.3. The van der Waals surface area contributed by atoms with E-state index in [0.717, 1.165) is 51.3 Å². The van der Waals surface area contributed by atoms with Crippen LogP contribution in [0.2, 0.25) is 0 Å². The molecule has 1 aromatic heterocycles. The quantitative estimate of drug-likeness (QED) is 0.792. The van der Waals surface area contributed by atoms with Crippen LogP contribution in [0.15, 0.2) is 42.7 Å². The molecule has 0 bridgehead atoms. The van der Waals surface area contributed by atoms with Crippen LogP contribution in [0.25, 0.3) is 0 Å². The Morgan fingerprint density at radius 1 is 1.18 bits per heavy atom. The lowest BCUT2D eigenvalue weighted by molar-refractivity contribution is -0.145. The van der Waals surface area contributed by atoms with E-state index in [9.17, 15) is 9.59 Å². The number of benzene rings is 1. The van der Waals surface area contributed by atoms with E-state index in [1.807, 2.05) is 30.6 Å². The fraction of sp³-hybridized carbons (Fsp3) is 0.476. The third-order valence-corrected chi connectivity index (χ3v) is 5.30. The molecule has 0 radical (unpaired) electrons. The summed E-state index contributed by atoms with van der Waals surface area (Å²) >= 11 is 0. The zero-order chi connectivity index (χ0) is 19.9. The van der Waals surface area contributed by atoms with E-state index in [-0.39, 0.29) is 18.5 Å². The van der Waals surface area contributed by atoms with Crippen molar-refractivity contribution >= 4 is 11.9 Å². The molecule has 150 valence electrons. The Balaban J connectivity index is 1.60. The maximum absolute atomic E-state index is 11.9. The van der Waals surface area contributed by atoms with Gasteiger partial charge in [0.25, 0.3) is 0 Å². The van der Waals surface area contributed by atoms with E-state index in [2.05, 4.69) is 26.6 Å². The molecule has 1 N–H and O–H groups in total. The Labute approximate surface area is 165 Å². The van der Waals surface area contributed by atoms with Crippen molar-refractivity contribution in [1.82, 2.24) is 19.4 Å². The minimum Gasteiger partial charge on any atom is -0.480 e. The summed E-state index contributed by atoms with van der Waals surface area (Å²) in [5, 5.41) is 9.09. The Kier molecular flexibility index (Phi) is 6.81. The van der Waals surface area contributed by atoms with E-state index >= 15 is 0 Å². The van der Waals surface area contributed by atoms with Gasteiger partial charge in [0, 0.05) is 38.4 Å². The van der Waals surface area contributed by atoms with Gasteiger partial charge in [-0.25, -0.2) is 4.98 Å². The number of nitrogens with zero attached hydrogens (tertiary/aromatic N) is 4. The van der Waals surface area contributed by atoms with Crippen LogP contribution in [0.5, 0.6) is 0 Å². The standard InChI is InChI=1S/C21H28N4O3/c1-17(26)25(16-21(27)28)19-8-5-11-23(12-9-19)15-20-22-10-13-24(20)14-18-6-3-2-4-7-18/h2-4,6-7,10,13,19H,5,8-9,11-12,14-16H2,1H3,(H,27,28). The van der Waals surface area contributed by atoms with Gasteiger partial charge in [-0.3, -0.25) is 14.5 Å². The van der Waals surface area contributed by atoms with Gasteiger partial charge in [-0.1, -0.05) is 30.3 Å². The molecule has 7 nitrogen and oxygen atoms in total. The molecule has 2 aromatic rings. The monoisotopic (exact) mass is 384 g/mol. The van der Waals surface area contributed by atoms with Crippen molar-refractivity contribution in [3.05, 3.63) is 54.1 Å². The fourth-order valence-corrected chi connectivity index (χ4v) is 3.87. The van der Waals surface area contributed by atoms with Gasteiger partial charge in [-0.15, -0.1) is 0 Å². The van der Waals surface area contributed by atoms with Crippen molar-refractivity contribution in [2.45, 2.75) is 45.3 Å². The molecule has 3 rings (SSSR count). The van der Waals surface area contributed by atoms with E-state index in [4.69, 9.17) is 5.11 Å². The van der Waals surface area contributed by atoms with E-state index in [1.54, 1.807) is 0 Å². The average molecular weight is 384 g/mol. The lowest BCUT2D eigenvalue weighted by Crippen LogP contribution is -2.42. The predicted octanol–water partition coefficient (Wildman–Crippen LogP) is 2.22. The molecule has 1 unspecified atom stereocenters. The lowest BCUT2D eigenvalue weighted by Gasteiger charge is -2.29. The van der Waals surface area contributed by atoms with Gasteiger partial charge in [0.2, 0.25) is 5.91 Å². The highest BCUT2D eigenvalue weighted by molar-refractivity contribution is 5.79. The first-order valence-corrected chi connectivity index (χ1v) is 9.78. The van der Waals surface area contributed by atoms with Crippen molar-refractivity contribution in [2.24, 2.45) is 0 Å². The van der Waals surface area contributed by atoms with Crippen LogP contribution in [0.4, 0.5) is 0 Å². The number of carboxylic acids is 1. The molecule has 1 fully saturated rings. The van der Waals surface area contributed by atoms with Crippen molar-refractivity contribution < 1.29 is 14.7 Å². The van der Waals surface area contributed by atoms with Crippen molar-refractivity contribution in [1.29, 1.82) is 0 Å². The molecular weight excluding hydrogens is 356 g/mol. The SMILES string of the molecule is CC(=O)N(CC(=O)O)C1CCCN(Cc2nccn2Cc2ccccc2)CC1. The van der Waals surface area contributed by atoms with Gasteiger partial charge in [0.15, 0.2) is 0 Å². The highest BCUT2D eigenvalue weighted by atomic mass is 16.4. The van der Waals surface area contributed by atoms with E-state index in [1.165, 1.54) is 17.4 Å². The molecule has 0 saturated carbocycles. The maximum atomic E-state index is 11.9. The summed E-state index contributed by atoms with van der Waals surface area (Å²) in [5.41, 5.74) is 1.24. The summed E-state index contributed by atoms with van der Waals surface area (Å²) < 4.78 is 2.17. The van der Waals surface area contributed by atoms with Crippen LogP contribution in [0, 0.1) is 0 Å². The van der Waals surface area contributed by atoms with Crippen LogP contribution >= 0.6 is 0 Å². The lowest BCUT2D eigenvalue weighted by atomic mass is 10.1. The summed E-state index contributed by atoms with van der Waals surface area (Å²) in [6.07, 6.45) is 6.40. The second-order valence-electron chi connectivity index (χ2n) is 7.36. The molecule has 1 aliphatic heterocycles. The molecule has 2 heterocycles. The number of carbonyl (C=O) groups is 2. The number of likely N-dealkylation sites (tertiary alicyclic amines) is 1. The van der Waals surface area contributed by atoms with Crippen LogP contribution in [-0.2, 0) is 22.7 Å². The average Bonchev–Trinajstić information content (AvgIpc) is 2.96. The smallest absolute Gasteiger partial charge is 0.323 e. The molecule has 0 spiro atoms. The maximum Gasteiger partial charge on any atom is 0.323 e. The minimum absolute atomic E-state index is 0.0114. The Hall–Kier alpha value is -2.67. The summed E-state index contributed by atoms with van der Waals surface area (Å²) in [7, 11) is 0. The number of amides is 1. The summed E-state index contributed by atoms with van der Waals surface area (Å²) in [4.78, 5) is 31.4. The zero-order valence-electron chi connectivity index (χ0n) is 16.3. The van der Waals surface area contributed by atoms with Gasteiger partial charge in [0.1, 0.15) is 12.4 Å². The number of hydrogen-bond donors (Lipinski definition) is 1. The van der Waals surface area contributed by atoms with Crippen LogP contribution in [0.3, 0.4) is 0 Å². The Morgan fingerprint density at radius 2 is 1.96 bits per heavy atom. The van der Waals surface area contributed by atoms with Gasteiger partial charge >= 0.3 is 5.97 Å². The second-order valence-corrected chi connectivity index (χ2v) is 7.36. The largest absolute Gasteiger partial charge is 0.480 e. The predicted molar refractivity (Wildman–Crippen MR) is 106 cm³/mol. The number of carbonyl (C=O) groups excluding carboxylic acids is 1. The molecule has 7 heteroatoms. The fourth-order valence-electron chi connectivity index (χ4n) is 3.87. The molecular formula is C21H28N4O3. The van der Waals surface area contributed by atoms with Crippen LogP contribution < -0.4 is 0 Å². The highest BCUT2D eigenvalue weighted by Crippen LogP contribution is 2.19. The van der Waals surface area contributed by atoms with E-state index < -0.39 is 5.97 Å². The normalized spacial score (nSPS) is 17.8. The van der Waals surface area contributed by atoms with Crippen LogP contribution in [-0.4, -0.2) is 62.0 Å². The summed E-state index contributed by atoms with van der Waals surface area (Å²) in [6.45, 7) is 4.53.